The van der Waals surface area contributed by atoms with Gasteiger partial charge in [-0.05, 0) is 107 Å². The number of amides is 1. The van der Waals surface area contributed by atoms with Gasteiger partial charge in [0.05, 0.1) is 33.0 Å². The summed E-state index contributed by atoms with van der Waals surface area (Å²) in [5.41, 5.74) is 0. The maximum atomic E-state index is 13.2. The highest BCUT2D eigenvalue weighted by Gasteiger charge is 2.21. The summed E-state index contributed by atoms with van der Waals surface area (Å²) in [4.78, 5) is 13.2. The van der Waals surface area contributed by atoms with Crippen molar-refractivity contribution < 1.29 is 33.2 Å². The first kappa shape index (κ1) is 53.5. The van der Waals surface area contributed by atoms with Crippen molar-refractivity contribution in [2.24, 2.45) is 0 Å². The van der Waals surface area contributed by atoms with Gasteiger partial charge in [0.2, 0.25) is 0 Å². The van der Waals surface area contributed by atoms with Gasteiger partial charge in [-0.15, -0.1) is 0 Å². The zero-order chi connectivity index (χ0) is 46.3. The zero-order valence-electron chi connectivity index (χ0n) is 41.9. The van der Waals surface area contributed by atoms with Crippen LogP contribution in [0.2, 0.25) is 0 Å². The van der Waals surface area contributed by atoms with Crippen molar-refractivity contribution in [3.05, 3.63) is 36.4 Å². The number of rotatable bonds is 39. The van der Waals surface area contributed by atoms with Crippen molar-refractivity contribution in [1.29, 1.82) is 0 Å². The molecule has 0 saturated carbocycles. The van der Waals surface area contributed by atoms with Crippen LogP contribution in [-0.4, -0.2) is 52.1 Å². The summed E-state index contributed by atoms with van der Waals surface area (Å²) in [5.74, 6) is 4.12. The quantitative estimate of drug-likeness (QED) is 0.0353. The number of carbonyl (C=O) groups excluding carboxylic acids is 1. The van der Waals surface area contributed by atoms with Crippen molar-refractivity contribution in [2.45, 2.75) is 202 Å². The molecule has 4 aromatic carbocycles. The normalized spacial score (nSPS) is 11.4. The Balaban J connectivity index is 1.92. The Bertz CT molecular complexity index is 1880. The lowest BCUT2D eigenvalue weighted by molar-refractivity contribution is -0.123. The fourth-order valence-electron chi connectivity index (χ4n) is 8.40. The van der Waals surface area contributed by atoms with Gasteiger partial charge in [0.25, 0.3) is 5.91 Å². The van der Waals surface area contributed by atoms with E-state index in [4.69, 9.17) is 28.4 Å². The van der Waals surface area contributed by atoms with E-state index >= 15 is 0 Å². The van der Waals surface area contributed by atoms with Crippen molar-refractivity contribution in [2.75, 3.05) is 46.2 Å². The molecule has 65 heavy (non-hydrogen) atoms. The minimum absolute atomic E-state index is 0.0880. The van der Waals surface area contributed by atoms with Gasteiger partial charge in [-0.3, -0.25) is 4.79 Å². The topological polar surface area (TPSA) is 84.5 Å². The summed E-state index contributed by atoms with van der Waals surface area (Å²) < 4.78 is 39.6. The Morgan fingerprint density at radius 1 is 0.323 bits per heavy atom. The number of ether oxygens (including phenoxy) is 6. The summed E-state index contributed by atoms with van der Waals surface area (Å²) in [6.07, 6.45) is 28.0. The first-order chi connectivity index (χ1) is 32.0. The third-order valence-electron chi connectivity index (χ3n) is 12.4. The Morgan fingerprint density at radius 3 is 0.815 bits per heavy atom. The van der Waals surface area contributed by atoms with Gasteiger partial charge < -0.3 is 33.7 Å². The molecule has 0 atom stereocenters. The summed E-state index contributed by atoms with van der Waals surface area (Å²) in [5, 5.41) is 9.25. The van der Waals surface area contributed by atoms with E-state index in [9.17, 15) is 4.79 Å². The Morgan fingerprint density at radius 2 is 0.554 bits per heavy atom. The second-order valence-electron chi connectivity index (χ2n) is 18.1. The molecule has 0 heterocycles. The molecule has 0 bridgehead atoms. The van der Waals surface area contributed by atoms with Crippen molar-refractivity contribution in [3.8, 4) is 34.5 Å². The van der Waals surface area contributed by atoms with Crippen LogP contribution in [0.3, 0.4) is 0 Å². The molecular weight excluding hydrogens is 811 g/mol. The van der Waals surface area contributed by atoms with Crippen LogP contribution >= 0.6 is 0 Å². The molecule has 1 N–H and O–H groups in total. The Hall–Kier alpha value is -4.07. The number of hydrogen-bond donors (Lipinski definition) is 1. The van der Waals surface area contributed by atoms with E-state index in [0.717, 1.165) is 145 Å². The van der Waals surface area contributed by atoms with Crippen LogP contribution in [0.5, 0.6) is 34.5 Å². The molecule has 4 aromatic rings. The predicted molar refractivity (Wildman–Crippen MR) is 274 cm³/mol. The van der Waals surface area contributed by atoms with Crippen molar-refractivity contribution >= 4 is 38.2 Å². The molecule has 0 unspecified atom stereocenters. The van der Waals surface area contributed by atoms with Gasteiger partial charge in [0.1, 0.15) is 0 Å². The van der Waals surface area contributed by atoms with Crippen LogP contribution in [-0.2, 0) is 4.79 Å². The molecule has 8 nitrogen and oxygen atoms in total. The molecule has 4 rings (SSSR count). The standard InChI is InChI=1S/C57H89NO7/c1-7-13-19-25-26-32-58-57(59)44-65-56-43-50-48-41-54(63-36-30-23-17-11-5)52(61-34-28-21-15-9-3)39-46(48)45-38-51(60-33-27-20-14-8-2)53(62-35-29-22-16-10-4)40-47(45)49(50)42-55(56)64-37-31-24-18-12-6/h38-43H,7-37,44H2,1-6H3,(H,58,59). The number of carbonyl (C=O) groups is 1. The van der Waals surface area contributed by atoms with Gasteiger partial charge in [-0.2, -0.15) is 0 Å². The molecule has 8 heteroatoms. The highest BCUT2D eigenvalue weighted by molar-refractivity contribution is 6.26. The molecule has 0 aliphatic rings. The van der Waals surface area contributed by atoms with Crippen LogP contribution in [0, 0.1) is 0 Å². The van der Waals surface area contributed by atoms with Gasteiger partial charge in [-0.1, -0.05) is 164 Å². The smallest absolute Gasteiger partial charge is 0.257 e. The third-order valence-corrected chi connectivity index (χ3v) is 12.4. The number of unbranched alkanes of at least 4 members (excludes halogenated alkanes) is 19. The maximum absolute atomic E-state index is 13.2. The molecule has 1 amide bonds. The number of fused-ring (bicyclic) bond motifs is 6. The van der Waals surface area contributed by atoms with Crippen molar-refractivity contribution in [1.82, 2.24) is 5.32 Å². The minimum Gasteiger partial charge on any atom is -0.490 e. The summed E-state index contributed by atoms with van der Waals surface area (Å²) in [6, 6.07) is 12.9. The lowest BCUT2D eigenvalue weighted by Gasteiger charge is -2.21. The molecule has 0 aromatic heterocycles. The fourth-order valence-corrected chi connectivity index (χ4v) is 8.40. The second kappa shape index (κ2) is 32.6. The second-order valence-corrected chi connectivity index (χ2v) is 18.1. The highest BCUT2D eigenvalue weighted by Crippen LogP contribution is 2.47. The Labute approximate surface area is 394 Å². The predicted octanol–water partition coefficient (Wildman–Crippen LogP) is 16.4. The van der Waals surface area contributed by atoms with Gasteiger partial charge >= 0.3 is 0 Å². The third kappa shape index (κ3) is 18.6. The average Bonchev–Trinajstić information content (AvgIpc) is 3.31. The number of benzene rings is 4. The van der Waals surface area contributed by atoms with Crippen LogP contribution in [0.1, 0.15) is 202 Å². The van der Waals surface area contributed by atoms with Crippen molar-refractivity contribution in [3.63, 3.8) is 0 Å². The maximum Gasteiger partial charge on any atom is 0.257 e. The first-order valence-corrected chi connectivity index (χ1v) is 26.6. The lowest BCUT2D eigenvalue weighted by atomic mass is 9.93. The van der Waals surface area contributed by atoms with Crippen LogP contribution in [0.15, 0.2) is 36.4 Å². The van der Waals surface area contributed by atoms with Crippen LogP contribution in [0.4, 0.5) is 0 Å². The Kier molecular flexibility index (Phi) is 26.8. The van der Waals surface area contributed by atoms with E-state index in [1.54, 1.807) is 0 Å². The molecule has 0 radical (unpaired) electrons. The van der Waals surface area contributed by atoms with Gasteiger partial charge in [0, 0.05) is 6.54 Å². The monoisotopic (exact) mass is 900 g/mol. The van der Waals surface area contributed by atoms with Crippen LogP contribution in [0.25, 0.3) is 32.3 Å². The fraction of sp³-hybridized carbons (Fsp3) is 0.667. The molecule has 364 valence electrons. The SMILES string of the molecule is CCCCCCCNC(=O)COc1cc2c3cc(OCCCCCC)c(OCCCCCC)cc3c3cc(OCCCCCC)c(OCCCCCC)cc3c2cc1OCCCCCC. The molecule has 0 spiro atoms. The lowest BCUT2D eigenvalue weighted by Crippen LogP contribution is -2.29. The molecule has 0 saturated heterocycles. The van der Waals surface area contributed by atoms with E-state index in [1.807, 2.05) is 0 Å². The summed E-state index contributed by atoms with van der Waals surface area (Å²) >= 11 is 0. The van der Waals surface area contributed by atoms with Gasteiger partial charge in [0.15, 0.2) is 41.1 Å². The average molecular weight is 900 g/mol. The van der Waals surface area contributed by atoms with Crippen LogP contribution < -0.4 is 33.7 Å². The van der Waals surface area contributed by atoms with E-state index in [2.05, 4.69) is 83.3 Å². The first-order valence-electron chi connectivity index (χ1n) is 26.6. The molecular formula is C57H89NO7. The molecule has 0 aliphatic heterocycles. The van der Waals surface area contributed by atoms with E-state index in [1.165, 1.54) is 70.6 Å². The number of hydrogen-bond acceptors (Lipinski definition) is 7. The summed E-state index contributed by atoms with van der Waals surface area (Å²) in [6.45, 7) is 17.0. The minimum atomic E-state index is -0.125. The largest absolute Gasteiger partial charge is 0.490 e. The summed E-state index contributed by atoms with van der Waals surface area (Å²) in [7, 11) is 0. The number of nitrogens with one attached hydrogen (secondary N) is 1. The molecule has 0 fully saturated rings. The van der Waals surface area contributed by atoms with Gasteiger partial charge in [-0.25, -0.2) is 0 Å². The molecule has 0 aliphatic carbocycles. The van der Waals surface area contributed by atoms with E-state index in [0.29, 0.717) is 51.1 Å². The highest BCUT2D eigenvalue weighted by atomic mass is 16.5. The van der Waals surface area contributed by atoms with E-state index in [-0.39, 0.29) is 12.5 Å². The zero-order valence-corrected chi connectivity index (χ0v) is 41.9. The van der Waals surface area contributed by atoms with E-state index < -0.39 is 0 Å².